The maximum Gasteiger partial charge on any atom is 0.295 e. The van der Waals surface area contributed by atoms with E-state index in [2.05, 4.69) is 18.7 Å². The molecule has 210 valence electrons. The molecule has 39 heavy (non-hydrogen) atoms. The first-order valence-corrected chi connectivity index (χ1v) is 13.5. The monoisotopic (exact) mass is 538 g/mol. The van der Waals surface area contributed by atoms with Gasteiger partial charge in [-0.05, 0) is 61.2 Å². The fourth-order valence-corrected chi connectivity index (χ4v) is 4.90. The molecular formula is C30H38N2O7. The number of hydrogen-bond donors (Lipinski definition) is 2. The smallest absolute Gasteiger partial charge is 0.295 e. The van der Waals surface area contributed by atoms with Gasteiger partial charge in [0, 0.05) is 31.7 Å². The van der Waals surface area contributed by atoms with Gasteiger partial charge in [-0.2, -0.15) is 0 Å². The van der Waals surface area contributed by atoms with Crippen molar-refractivity contribution in [1.29, 1.82) is 0 Å². The molecule has 1 amide bonds. The number of nitrogens with zero attached hydrogens (tertiary/aromatic N) is 2. The third-order valence-corrected chi connectivity index (χ3v) is 6.94. The van der Waals surface area contributed by atoms with Crippen LogP contribution in [-0.2, 0) is 14.3 Å². The van der Waals surface area contributed by atoms with Crippen molar-refractivity contribution in [2.45, 2.75) is 33.7 Å². The molecule has 0 aromatic heterocycles. The number of amides is 1. The maximum atomic E-state index is 13.5. The lowest BCUT2D eigenvalue weighted by Crippen LogP contribution is -2.42. The van der Waals surface area contributed by atoms with Crippen LogP contribution in [0.3, 0.4) is 0 Å². The Morgan fingerprint density at radius 2 is 1.82 bits per heavy atom. The van der Waals surface area contributed by atoms with E-state index in [0.29, 0.717) is 61.3 Å². The molecule has 2 aromatic carbocycles. The van der Waals surface area contributed by atoms with Gasteiger partial charge in [0.05, 0.1) is 38.0 Å². The number of phenols is 1. The third-order valence-electron chi connectivity index (χ3n) is 6.94. The number of benzene rings is 2. The second-order valence-electron chi connectivity index (χ2n) is 10.3. The van der Waals surface area contributed by atoms with Crippen LogP contribution in [0, 0.1) is 12.8 Å². The zero-order valence-corrected chi connectivity index (χ0v) is 23.1. The van der Waals surface area contributed by atoms with Gasteiger partial charge in [0.25, 0.3) is 11.7 Å². The zero-order valence-electron chi connectivity index (χ0n) is 23.1. The molecule has 0 spiro atoms. The lowest BCUT2D eigenvalue weighted by molar-refractivity contribution is -0.140. The van der Waals surface area contributed by atoms with Crippen molar-refractivity contribution in [3.05, 3.63) is 58.7 Å². The van der Waals surface area contributed by atoms with Crippen LogP contribution in [0.25, 0.3) is 5.76 Å². The first-order chi connectivity index (χ1) is 18.7. The normalized spacial score (nSPS) is 19.6. The van der Waals surface area contributed by atoms with E-state index in [1.54, 1.807) is 31.2 Å². The molecule has 0 unspecified atom stereocenters. The third kappa shape index (κ3) is 6.37. The lowest BCUT2D eigenvalue weighted by Gasteiger charge is -2.31. The van der Waals surface area contributed by atoms with Crippen molar-refractivity contribution in [1.82, 2.24) is 9.80 Å². The average Bonchev–Trinajstić information content (AvgIpc) is 3.17. The number of morpholine rings is 1. The molecule has 2 N–H and O–H groups in total. The Morgan fingerprint density at radius 3 is 2.49 bits per heavy atom. The number of hydrogen-bond acceptors (Lipinski definition) is 8. The molecule has 4 rings (SSSR count). The van der Waals surface area contributed by atoms with Gasteiger partial charge in [0.2, 0.25) is 0 Å². The summed E-state index contributed by atoms with van der Waals surface area (Å²) < 4.78 is 16.8. The SMILES string of the molecule is CCOc1cc([C@@H]2C(=C(O)c3ccc(OCC(C)C)cc3C)C(=O)C(=O)N2CCN2CCOCC2)ccc1O. The Morgan fingerprint density at radius 1 is 1.08 bits per heavy atom. The van der Waals surface area contributed by atoms with Crippen LogP contribution in [0.5, 0.6) is 17.2 Å². The van der Waals surface area contributed by atoms with E-state index in [-0.39, 0.29) is 29.4 Å². The summed E-state index contributed by atoms with van der Waals surface area (Å²) in [5.74, 6) is -0.430. The molecule has 0 radical (unpaired) electrons. The summed E-state index contributed by atoms with van der Waals surface area (Å²) in [7, 11) is 0. The van der Waals surface area contributed by atoms with Gasteiger partial charge in [-0.3, -0.25) is 14.5 Å². The van der Waals surface area contributed by atoms with Crippen molar-refractivity contribution in [2.24, 2.45) is 5.92 Å². The van der Waals surface area contributed by atoms with Crippen LogP contribution < -0.4 is 9.47 Å². The highest BCUT2D eigenvalue weighted by Gasteiger charge is 2.46. The summed E-state index contributed by atoms with van der Waals surface area (Å²) in [4.78, 5) is 30.5. The Hall–Kier alpha value is -3.56. The largest absolute Gasteiger partial charge is 0.507 e. The number of carbonyl (C=O) groups is 2. The summed E-state index contributed by atoms with van der Waals surface area (Å²) in [6.07, 6.45) is 0. The minimum absolute atomic E-state index is 0.00839. The van der Waals surface area contributed by atoms with E-state index in [1.165, 1.54) is 11.0 Å². The molecule has 2 aliphatic rings. The molecule has 1 atom stereocenters. The van der Waals surface area contributed by atoms with Crippen molar-refractivity contribution in [2.75, 3.05) is 52.6 Å². The van der Waals surface area contributed by atoms with Crippen LogP contribution in [0.2, 0.25) is 0 Å². The number of ether oxygens (including phenoxy) is 3. The Balaban J connectivity index is 1.75. The molecule has 2 aliphatic heterocycles. The number of aromatic hydroxyl groups is 1. The molecule has 0 bridgehead atoms. The first kappa shape index (κ1) is 28.4. The van der Waals surface area contributed by atoms with Crippen LogP contribution in [0.1, 0.15) is 43.5 Å². The summed E-state index contributed by atoms with van der Waals surface area (Å²) in [6.45, 7) is 12.2. The number of ketones is 1. The molecular weight excluding hydrogens is 500 g/mol. The van der Waals surface area contributed by atoms with Crippen LogP contribution in [-0.4, -0.2) is 84.3 Å². The standard InChI is InChI=1S/C30H38N2O7/c1-5-38-25-17-21(6-9-24(25)33)27-26(28(34)23-8-7-22(16-20(23)4)39-18-19(2)3)29(35)30(36)32(27)11-10-31-12-14-37-15-13-31/h6-9,16-17,19,27,33-34H,5,10-15,18H2,1-4H3/t27-/m1/s1. The molecule has 2 heterocycles. The van der Waals surface area contributed by atoms with E-state index in [9.17, 15) is 19.8 Å². The number of phenolic OH excluding ortho intramolecular Hbond substituents is 1. The molecule has 2 saturated heterocycles. The van der Waals surface area contributed by atoms with E-state index in [4.69, 9.17) is 14.2 Å². The molecule has 9 heteroatoms. The predicted octanol–water partition coefficient (Wildman–Crippen LogP) is 3.89. The van der Waals surface area contributed by atoms with Gasteiger partial charge in [-0.25, -0.2) is 0 Å². The Bertz CT molecular complexity index is 1230. The van der Waals surface area contributed by atoms with E-state index >= 15 is 0 Å². The first-order valence-electron chi connectivity index (χ1n) is 13.5. The quantitative estimate of drug-likeness (QED) is 0.267. The number of aliphatic hydroxyl groups is 1. The fourth-order valence-electron chi connectivity index (χ4n) is 4.90. The van der Waals surface area contributed by atoms with Crippen LogP contribution in [0.15, 0.2) is 42.0 Å². The number of likely N-dealkylation sites (tertiary alicyclic amines) is 1. The van der Waals surface area contributed by atoms with Crippen molar-refractivity contribution < 1.29 is 34.0 Å². The van der Waals surface area contributed by atoms with Crippen LogP contribution >= 0.6 is 0 Å². The van der Waals surface area contributed by atoms with Gasteiger partial charge in [0.1, 0.15) is 11.5 Å². The van der Waals surface area contributed by atoms with Gasteiger partial charge in [-0.1, -0.05) is 19.9 Å². The highest BCUT2D eigenvalue weighted by Crippen LogP contribution is 2.42. The number of aliphatic hydroxyl groups excluding tert-OH is 1. The summed E-state index contributed by atoms with van der Waals surface area (Å²) in [6, 6.07) is 9.19. The second-order valence-corrected chi connectivity index (χ2v) is 10.3. The minimum Gasteiger partial charge on any atom is -0.507 e. The predicted molar refractivity (Wildman–Crippen MR) is 147 cm³/mol. The van der Waals surface area contributed by atoms with Crippen LogP contribution in [0.4, 0.5) is 0 Å². The summed E-state index contributed by atoms with van der Waals surface area (Å²) >= 11 is 0. The van der Waals surface area contributed by atoms with Gasteiger partial charge in [0.15, 0.2) is 11.5 Å². The molecule has 9 nitrogen and oxygen atoms in total. The zero-order chi connectivity index (χ0) is 28.1. The van der Waals surface area contributed by atoms with E-state index < -0.39 is 17.7 Å². The molecule has 2 aromatic rings. The van der Waals surface area contributed by atoms with E-state index in [1.807, 2.05) is 13.0 Å². The maximum absolute atomic E-state index is 13.5. The van der Waals surface area contributed by atoms with Crippen molar-refractivity contribution >= 4 is 17.4 Å². The number of carbonyl (C=O) groups excluding carboxylic acids is 2. The second kappa shape index (κ2) is 12.5. The van der Waals surface area contributed by atoms with Crippen molar-refractivity contribution in [3.63, 3.8) is 0 Å². The fraction of sp³-hybridized carbons (Fsp3) is 0.467. The lowest BCUT2D eigenvalue weighted by atomic mass is 9.93. The highest BCUT2D eigenvalue weighted by atomic mass is 16.5. The summed E-state index contributed by atoms with van der Waals surface area (Å²) in [5, 5.41) is 21.8. The minimum atomic E-state index is -0.845. The number of Topliss-reactive ketones (excluding diaryl/α,β-unsaturated/α-hetero) is 1. The van der Waals surface area contributed by atoms with E-state index in [0.717, 1.165) is 13.1 Å². The number of aryl methyl sites for hydroxylation is 1. The Labute approximate surface area is 229 Å². The highest BCUT2D eigenvalue weighted by molar-refractivity contribution is 6.46. The number of rotatable bonds is 10. The molecule has 2 fully saturated rings. The van der Waals surface area contributed by atoms with Gasteiger partial charge >= 0.3 is 0 Å². The summed E-state index contributed by atoms with van der Waals surface area (Å²) in [5.41, 5.74) is 1.74. The van der Waals surface area contributed by atoms with Gasteiger partial charge < -0.3 is 29.3 Å². The Kier molecular flexibility index (Phi) is 9.14. The topological polar surface area (TPSA) is 109 Å². The average molecular weight is 539 g/mol. The molecule has 0 saturated carbocycles. The van der Waals surface area contributed by atoms with Crippen molar-refractivity contribution in [3.8, 4) is 17.2 Å². The van der Waals surface area contributed by atoms with Gasteiger partial charge in [-0.15, -0.1) is 0 Å². The molecule has 0 aliphatic carbocycles.